The molecule has 2 atom stereocenters. The third-order valence-electron chi connectivity index (χ3n) is 3.39. The fourth-order valence-electron chi connectivity index (χ4n) is 2.21. The van der Waals surface area contributed by atoms with Crippen LogP contribution in [0.25, 0.3) is 0 Å². The number of nitrogens with zero attached hydrogens (tertiary/aromatic N) is 1. The Bertz CT molecular complexity index is 630. The zero-order chi connectivity index (χ0) is 14.9. The Morgan fingerprint density at radius 3 is 2.80 bits per heavy atom. The van der Waals surface area contributed by atoms with Gasteiger partial charge < -0.3 is 5.73 Å². The molecule has 0 saturated heterocycles. The van der Waals surface area contributed by atoms with Crippen LogP contribution >= 0.6 is 0 Å². The van der Waals surface area contributed by atoms with Crippen molar-refractivity contribution in [1.29, 1.82) is 0 Å². The van der Waals surface area contributed by atoms with Gasteiger partial charge in [-0.2, -0.15) is 0 Å². The summed E-state index contributed by atoms with van der Waals surface area (Å²) in [6.07, 6.45) is 2.78. The molecule has 2 unspecified atom stereocenters. The number of hydrogen-bond acceptors (Lipinski definition) is 5. The van der Waals surface area contributed by atoms with Crippen LogP contribution < -0.4 is 10.5 Å². The average molecular weight is 299 g/mol. The van der Waals surface area contributed by atoms with Crippen molar-refractivity contribution in [3.63, 3.8) is 0 Å². The molecule has 0 heterocycles. The normalized spacial score (nSPS) is 21.6. The van der Waals surface area contributed by atoms with Crippen molar-refractivity contribution in [2.75, 3.05) is 5.73 Å². The van der Waals surface area contributed by atoms with Crippen molar-refractivity contribution < 1.29 is 13.3 Å². The van der Waals surface area contributed by atoms with Crippen molar-refractivity contribution in [2.24, 2.45) is 5.92 Å². The molecule has 1 fully saturated rings. The number of benzene rings is 1. The maximum Gasteiger partial charge on any atom is 0.270 e. The van der Waals surface area contributed by atoms with Crippen LogP contribution in [0.3, 0.4) is 0 Å². The standard InChI is InChI=1S/C12H17N3O4S/c1-2-3-8-6-11(8)14-20(18,19)12-7-9(15(16)17)4-5-10(12)13/h4-5,7-8,11,14H,2-3,6,13H2,1H3. The van der Waals surface area contributed by atoms with Gasteiger partial charge in [0.05, 0.1) is 10.6 Å². The topological polar surface area (TPSA) is 115 Å². The van der Waals surface area contributed by atoms with Gasteiger partial charge in [0.1, 0.15) is 4.90 Å². The number of nitrogens with one attached hydrogen (secondary N) is 1. The fraction of sp³-hybridized carbons (Fsp3) is 0.500. The summed E-state index contributed by atoms with van der Waals surface area (Å²) in [6.45, 7) is 2.04. The molecule has 7 nitrogen and oxygen atoms in total. The smallest absolute Gasteiger partial charge is 0.270 e. The molecule has 1 aromatic rings. The van der Waals surface area contributed by atoms with Gasteiger partial charge in [-0.05, 0) is 24.8 Å². The van der Waals surface area contributed by atoms with Crippen LogP contribution in [0, 0.1) is 16.0 Å². The summed E-state index contributed by atoms with van der Waals surface area (Å²) in [4.78, 5) is 9.84. The van der Waals surface area contributed by atoms with Crippen LogP contribution in [-0.2, 0) is 10.0 Å². The number of nitro groups is 1. The Morgan fingerprint density at radius 2 is 2.20 bits per heavy atom. The molecule has 3 N–H and O–H groups in total. The van der Waals surface area contributed by atoms with Crippen LogP contribution in [0.5, 0.6) is 0 Å². The molecule has 8 heteroatoms. The lowest BCUT2D eigenvalue weighted by atomic mass is 10.2. The molecule has 1 aromatic carbocycles. The van der Waals surface area contributed by atoms with E-state index in [2.05, 4.69) is 4.72 Å². The maximum absolute atomic E-state index is 12.2. The van der Waals surface area contributed by atoms with Crippen molar-refractivity contribution >= 4 is 21.4 Å². The van der Waals surface area contributed by atoms with E-state index in [-0.39, 0.29) is 22.3 Å². The number of rotatable bonds is 6. The molecule has 0 aliphatic heterocycles. The minimum Gasteiger partial charge on any atom is -0.398 e. The van der Waals surface area contributed by atoms with E-state index in [1.165, 1.54) is 12.1 Å². The molecular weight excluding hydrogens is 282 g/mol. The molecule has 0 amide bonds. The lowest BCUT2D eigenvalue weighted by molar-refractivity contribution is -0.385. The van der Waals surface area contributed by atoms with Crippen molar-refractivity contribution in [1.82, 2.24) is 4.72 Å². The highest BCUT2D eigenvalue weighted by Gasteiger charge is 2.39. The Balaban J connectivity index is 2.21. The SMILES string of the molecule is CCCC1CC1NS(=O)(=O)c1cc([N+](=O)[O-])ccc1N. The lowest BCUT2D eigenvalue weighted by Crippen LogP contribution is -2.27. The minimum absolute atomic E-state index is 0.00999. The largest absolute Gasteiger partial charge is 0.398 e. The number of non-ortho nitro benzene ring substituents is 1. The van der Waals surface area contributed by atoms with Crippen LogP contribution in [0.1, 0.15) is 26.2 Å². The van der Waals surface area contributed by atoms with Gasteiger partial charge in [0, 0.05) is 18.2 Å². The highest BCUT2D eigenvalue weighted by atomic mass is 32.2. The summed E-state index contributed by atoms with van der Waals surface area (Å²) in [7, 11) is -3.81. The highest BCUT2D eigenvalue weighted by Crippen LogP contribution is 2.36. The van der Waals surface area contributed by atoms with Gasteiger partial charge in [-0.3, -0.25) is 10.1 Å². The fourth-order valence-corrected chi connectivity index (χ4v) is 3.68. The number of nitrogen functional groups attached to an aromatic ring is 1. The van der Waals surface area contributed by atoms with E-state index in [9.17, 15) is 18.5 Å². The Hall–Kier alpha value is -1.67. The zero-order valence-electron chi connectivity index (χ0n) is 11.1. The molecule has 0 spiro atoms. The van der Waals surface area contributed by atoms with Gasteiger partial charge in [-0.25, -0.2) is 13.1 Å². The minimum atomic E-state index is -3.81. The van der Waals surface area contributed by atoms with Crippen molar-refractivity contribution in [2.45, 2.75) is 37.1 Å². The molecule has 0 radical (unpaired) electrons. The first-order valence-electron chi connectivity index (χ1n) is 6.41. The Morgan fingerprint density at radius 1 is 1.50 bits per heavy atom. The molecule has 1 saturated carbocycles. The summed E-state index contributed by atoms with van der Waals surface area (Å²) in [5.41, 5.74) is 5.34. The molecule has 1 aliphatic rings. The summed E-state index contributed by atoms with van der Waals surface area (Å²) in [6, 6.07) is 3.34. The predicted octanol–water partition coefficient (Wildman–Crippen LogP) is 1.64. The van der Waals surface area contributed by atoms with Gasteiger partial charge in [0.15, 0.2) is 0 Å². The van der Waals surface area contributed by atoms with E-state index in [1.807, 2.05) is 6.92 Å². The van der Waals surface area contributed by atoms with Gasteiger partial charge >= 0.3 is 0 Å². The summed E-state index contributed by atoms with van der Waals surface area (Å²) in [5, 5.41) is 10.7. The number of hydrogen-bond donors (Lipinski definition) is 2. The number of sulfonamides is 1. The maximum atomic E-state index is 12.2. The summed E-state index contributed by atoms with van der Waals surface area (Å²) >= 11 is 0. The summed E-state index contributed by atoms with van der Waals surface area (Å²) < 4.78 is 27.0. The van der Waals surface area contributed by atoms with E-state index in [4.69, 9.17) is 5.73 Å². The van der Waals surface area contributed by atoms with Crippen molar-refractivity contribution in [3.05, 3.63) is 28.3 Å². The second kappa shape index (κ2) is 5.37. The van der Waals surface area contributed by atoms with Crippen LogP contribution in [-0.4, -0.2) is 19.4 Å². The second-order valence-electron chi connectivity index (χ2n) is 4.99. The molecule has 110 valence electrons. The first kappa shape index (κ1) is 14.7. The number of nitro benzene ring substituents is 1. The number of nitrogens with two attached hydrogens (primary N) is 1. The third kappa shape index (κ3) is 3.07. The Labute approximate surface area is 117 Å². The average Bonchev–Trinajstić information content (AvgIpc) is 3.06. The van der Waals surface area contributed by atoms with E-state index in [0.29, 0.717) is 5.92 Å². The first-order valence-corrected chi connectivity index (χ1v) is 7.89. The monoisotopic (exact) mass is 299 g/mol. The highest BCUT2D eigenvalue weighted by molar-refractivity contribution is 7.89. The molecular formula is C12H17N3O4S. The number of anilines is 1. The molecule has 2 rings (SSSR count). The van der Waals surface area contributed by atoms with Gasteiger partial charge in [0.25, 0.3) is 5.69 Å². The zero-order valence-corrected chi connectivity index (χ0v) is 11.9. The van der Waals surface area contributed by atoms with Crippen LogP contribution in [0.15, 0.2) is 23.1 Å². The second-order valence-corrected chi connectivity index (χ2v) is 6.67. The van der Waals surface area contributed by atoms with Crippen molar-refractivity contribution in [3.8, 4) is 0 Å². The van der Waals surface area contributed by atoms with E-state index >= 15 is 0 Å². The third-order valence-corrected chi connectivity index (χ3v) is 4.93. The van der Waals surface area contributed by atoms with Gasteiger partial charge in [-0.1, -0.05) is 13.3 Å². The lowest BCUT2D eigenvalue weighted by Gasteiger charge is -2.08. The van der Waals surface area contributed by atoms with Crippen LogP contribution in [0.4, 0.5) is 11.4 Å². The molecule has 0 bridgehead atoms. The predicted molar refractivity (Wildman–Crippen MR) is 74.6 cm³/mol. The quantitative estimate of drug-likeness (QED) is 0.470. The first-order chi connectivity index (χ1) is 9.35. The van der Waals surface area contributed by atoms with Gasteiger partial charge in [-0.15, -0.1) is 0 Å². The van der Waals surface area contributed by atoms with E-state index < -0.39 is 14.9 Å². The van der Waals surface area contributed by atoms with E-state index in [1.54, 1.807) is 0 Å². The molecule has 1 aliphatic carbocycles. The van der Waals surface area contributed by atoms with E-state index in [0.717, 1.165) is 25.3 Å². The molecule has 0 aromatic heterocycles. The van der Waals surface area contributed by atoms with Crippen LogP contribution in [0.2, 0.25) is 0 Å². The Kier molecular flexibility index (Phi) is 3.96. The molecule has 20 heavy (non-hydrogen) atoms. The summed E-state index contributed by atoms with van der Waals surface area (Å²) in [5.74, 6) is 0.356. The van der Waals surface area contributed by atoms with Gasteiger partial charge in [0.2, 0.25) is 10.0 Å².